The first-order valence-electron chi connectivity index (χ1n) is 6.36. The highest BCUT2D eigenvalue weighted by Crippen LogP contribution is 2.20. The molecule has 0 radical (unpaired) electrons. The van der Waals surface area contributed by atoms with Gasteiger partial charge in [-0.1, -0.05) is 27.7 Å². The summed E-state index contributed by atoms with van der Waals surface area (Å²) < 4.78 is 0. The van der Waals surface area contributed by atoms with E-state index in [0.717, 1.165) is 19.5 Å². The van der Waals surface area contributed by atoms with Gasteiger partial charge in [-0.2, -0.15) is 0 Å². The minimum absolute atomic E-state index is 0.106. The largest absolute Gasteiger partial charge is 0.335 e. The number of carbonyl (C=O) groups is 1. The predicted molar refractivity (Wildman–Crippen MR) is 67.4 cm³/mol. The summed E-state index contributed by atoms with van der Waals surface area (Å²) in [6.45, 7) is 12.6. The Bertz CT molecular complexity index is 245. The van der Waals surface area contributed by atoms with Gasteiger partial charge >= 0.3 is 6.03 Å². The van der Waals surface area contributed by atoms with Gasteiger partial charge in [-0.05, 0) is 31.1 Å². The first kappa shape index (κ1) is 13.3. The first-order chi connectivity index (χ1) is 7.30. The molecule has 1 saturated heterocycles. The lowest BCUT2D eigenvalue weighted by atomic mass is 9.88. The molecule has 0 saturated carbocycles. The maximum atomic E-state index is 12.0. The Kier molecular flexibility index (Phi) is 4.22. The third-order valence-corrected chi connectivity index (χ3v) is 3.58. The van der Waals surface area contributed by atoms with Crippen molar-refractivity contribution in [3.05, 3.63) is 0 Å². The smallest absolute Gasteiger partial charge is 0.317 e. The molecule has 1 heterocycles. The number of rotatable bonds is 1. The fourth-order valence-corrected chi connectivity index (χ4v) is 1.87. The van der Waals surface area contributed by atoms with Crippen molar-refractivity contribution in [3.63, 3.8) is 0 Å². The van der Waals surface area contributed by atoms with Gasteiger partial charge in [0.15, 0.2) is 0 Å². The summed E-state index contributed by atoms with van der Waals surface area (Å²) in [4.78, 5) is 14.0. The summed E-state index contributed by atoms with van der Waals surface area (Å²) in [6.07, 6.45) is 2.39. The Morgan fingerprint density at radius 1 is 1.44 bits per heavy atom. The normalized spacial score (nSPS) is 24.1. The molecule has 1 fully saturated rings. The van der Waals surface area contributed by atoms with Gasteiger partial charge in [0, 0.05) is 19.1 Å². The van der Waals surface area contributed by atoms with Crippen LogP contribution in [-0.4, -0.2) is 30.1 Å². The molecule has 0 aromatic rings. The number of amides is 2. The van der Waals surface area contributed by atoms with E-state index in [4.69, 9.17) is 0 Å². The van der Waals surface area contributed by atoms with Crippen LogP contribution < -0.4 is 5.32 Å². The molecular formula is C13H26N2O. The molecular weight excluding hydrogens is 200 g/mol. The van der Waals surface area contributed by atoms with E-state index in [1.165, 1.54) is 6.42 Å². The van der Waals surface area contributed by atoms with Gasteiger partial charge in [0.1, 0.15) is 0 Å². The highest BCUT2D eigenvalue weighted by molar-refractivity contribution is 5.74. The fourth-order valence-electron chi connectivity index (χ4n) is 1.87. The zero-order valence-corrected chi connectivity index (χ0v) is 11.3. The van der Waals surface area contributed by atoms with Gasteiger partial charge in [-0.25, -0.2) is 4.79 Å². The van der Waals surface area contributed by atoms with Crippen LogP contribution in [0.1, 0.15) is 47.5 Å². The maximum absolute atomic E-state index is 12.0. The van der Waals surface area contributed by atoms with Gasteiger partial charge < -0.3 is 10.2 Å². The Morgan fingerprint density at radius 2 is 2.06 bits per heavy atom. The summed E-state index contributed by atoms with van der Waals surface area (Å²) in [6, 6.07) is 0.311. The van der Waals surface area contributed by atoms with E-state index in [-0.39, 0.29) is 17.5 Å². The molecule has 2 amide bonds. The molecule has 0 aromatic carbocycles. The van der Waals surface area contributed by atoms with Crippen LogP contribution >= 0.6 is 0 Å². The molecule has 2 unspecified atom stereocenters. The molecule has 1 rings (SSSR count). The molecule has 16 heavy (non-hydrogen) atoms. The second-order valence-corrected chi connectivity index (χ2v) is 6.23. The third-order valence-electron chi connectivity index (χ3n) is 3.58. The molecule has 94 valence electrons. The summed E-state index contributed by atoms with van der Waals surface area (Å²) in [5.41, 5.74) is 0.122. The molecule has 1 aliphatic rings. The molecule has 0 spiro atoms. The molecule has 1 N–H and O–H groups in total. The van der Waals surface area contributed by atoms with Crippen molar-refractivity contribution in [2.24, 2.45) is 11.3 Å². The fraction of sp³-hybridized carbons (Fsp3) is 0.923. The lowest BCUT2D eigenvalue weighted by Crippen LogP contribution is -2.50. The lowest BCUT2D eigenvalue weighted by Gasteiger charge is -2.34. The van der Waals surface area contributed by atoms with E-state index in [1.807, 2.05) is 4.90 Å². The van der Waals surface area contributed by atoms with E-state index in [2.05, 4.69) is 39.9 Å². The second kappa shape index (κ2) is 5.07. The van der Waals surface area contributed by atoms with Crippen LogP contribution in [0.4, 0.5) is 4.79 Å². The van der Waals surface area contributed by atoms with Crippen molar-refractivity contribution in [1.82, 2.24) is 10.2 Å². The predicted octanol–water partition coefficient (Wildman–Crippen LogP) is 2.86. The highest BCUT2D eigenvalue weighted by Gasteiger charge is 2.26. The van der Waals surface area contributed by atoms with Crippen LogP contribution in [-0.2, 0) is 0 Å². The van der Waals surface area contributed by atoms with Gasteiger partial charge in [0.2, 0.25) is 0 Å². The molecule has 0 aromatic heterocycles. The van der Waals surface area contributed by atoms with Gasteiger partial charge in [-0.15, -0.1) is 0 Å². The Balaban J connectivity index is 2.46. The SMILES string of the molecule is CC1CCCN(C(=O)NC(C)C(C)(C)C)C1. The van der Waals surface area contributed by atoms with Gasteiger partial charge in [0.05, 0.1) is 0 Å². The van der Waals surface area contributed by atoms with Crippen molar-refractivity contribution < 1.29 is 4.79 Å². The first-order valence-corrected chi connectivity index (χ1v) is 6.36. The van der Waals surface area contributed by atoms with Gasteiger partial charge in [0.25, 0.3) is 0 Å². The zero-order valence-electron chi connectivity index (χ0n) is 11.3. The number of piperidine rings is 1. The van der Waals surface area contributed by atoms with Crippen LogP contribution in [0.15, 0.2) is 0 Å². The topological polar surface area (TPSA) is 32.3 Å². The van der Waals surface area contributed by atoms with Crippen LogP contribution in [0.5, 0.6) is 0 Å². The summed E-state index contributed by atoms with van der Waals surface area (Å²) in [7, 11) is 0. The van der Waals surface area contributed by atoms with Crippen LogP contribution in [0, 0.1) is 11.3 Å². The van der Waals surface area contributed by atoms with Crippen LogP contribution in [0.25, 0.3) is 0 Å². The quantitative estimate of drug-likeness (QED) is 0.732. The average molecular weight is 226 g/mol. The van der Waals surface area contributed by atoms with E-state index in [1.54, 1.807) is 0 Å². The summed E-state index contributed by atoms with van der Waals surface area (Å²) in [5.74, 6) is 0.643. The Labute approximate surface area is 99.6 Å². The standard InChI is InChI=1S/C13H26N2O/c1-10-7-6-8-15(9-10)12(16)14-11(2)13(3,4)5/h10-11H,6-9H2,1-5H3,(H,14,16). The number of carbonyl (C=O) groups excluding carboxylic acids is 1. The van der Waals surface area contributed by atoms with Crippen molar-refractivity contribution >= 4 is 6.03 Å². The number of hydrogen-bond acceptors (Lipinski definition) is 1. The van der Waals surface area contributed by atoms with E-state index in [9.17, 15) is 4.79 Å². The van der Waals surface area contributed by atoms with E-state index >= 15 is 0 Å². The van der Waals surface area contributed by atoms with Crippen molar-refractivity contribution in [2.75, 3.05) is 13.1 Å². The zero-order chi connectivity index (χ0) is 12.3. The second-order valence-electron chi connectivity index (χ2n) is 6.23. The molecule has 3 heteroatoms. The summed E-state index contributed by atoms with van der Waals surface area (Å²) in [5, 5.41) is 3.10. The molecule has 0 aliphatic carbocycles. The van der Waals surface area contributed by atoms with Gasteiger partial charge in [-0.3, -0.25) is 0 Å². The number of urea groups is 1. The van der Waals surface area contributed by atoms with Crippen molar-refractivity contribution in [1.29, 1.82) is 0 Å². The van der Waals surface area contributed by atoms with E-state index in [0.29, 0.717) is 5.92 Å². The number of nitrogens with one attached hydrogen (secondary N) is 1. The maximum Gasteiger partial charge on any atom is 0.317 e. The molecule has 1 aliphatic heterocycles. The third kappa shape index (κ3) is 3.69. The Hall–Kier alpha value is -0.730. The number of nitrogens with zero attached hydrogens (tertiary/aromatic N) is 1. The van der Waals surface area contributed by atoms with E-state index < -0.39 is 0 Å². The molecule has 0 bridgehead atoms. The van der Waals surface area contributed by atoms with Crippen LogP contribution in [0.2, 0.25) is 0 Å². The molecule has 3 nitrogen and oxygen atoms in total. The van der Waals surface area contributed by atoms with Crippen LogP contribution in [0.3, 0.4) is 0 Å². The summed E-state index contributed by atoms with van der Waals surface area (Å²) >= 11 is 0. The number of hydrogen-bond donors (Lipinski definition) is 1. The Morgan fingerprint density at radius 3 is 2.56 bits per heavy atom. The highest BCUT2D eigenvalue weighted by atomic mass is 16.2. The number of likely N-dealkylation sites (tertiary alicyclic amines) is 1. The monoisotopic (exact) mass is 226 g/mol. The lowest BCUT2D eigenvalue weighted by molar-refractivity contribution is 0.158. The minimum Gasteiger partial charge on any atom is -0.335 e. The minimum atomic E-state index is 0.106. The average Bonchev–Trinajstić information content (AvgIpc) is 2.16. The van der Waals surface area contributed by atoms with Crippen molar-refractivity contribution in [3.8, 4) is 0 Å². The van der Waals surface area contributed by atoms with Crippen molar-refractivity contribution in [2.45, 2.75) is 53.5 Å². The molecule has 2 atom stereocenters.